The van der Waals surface area contributed by atoms with E-state index in [4.69, 9.17) is 0 Å². The molecule has 23 heavy (non-hydrogen) atoms. The summed E-state index contributed by atoms with van der Waals surface area (Å²) in [7, 11) is 0. The molecule has 122 valence electrons. The second kappa shape index (κ2) is 6.23. The average Bonchev–Trinajstić information content (AvgIpc) is 2.96. The van der Waals surface area contributed by atoms with E-state index in [1.165, 1.54) is 16.2 Å². The molecule has 2 aliphatic rings. The van der Waals surface area contributed by atoms with Gasteiger partial charge >= 0.3 is 0 Å². The van der Waals surface area contributed by atoms with Gasteiger partial charge in [-0.15, -0.1) is 11.3 Å². The molecule has 1 aliphatic heterocycles. The van der Waals surface area contributed by atoms with Crippen molar-refractivity contribution >= 4 is 34.2 Å². The Hall–Kier alpha value is -2.02. The summed E-state index contributed by atoms with van der Waals surface area (Å²) in [6.45, 7) is 3.97. The molecule has 3 rings (SSSR count). The van der Waals surface area contributed by atoms with Crippen LogP contribution in [0.3, 0.4) is 0 Å². The first-order valence-electron chi connectivity index (χ1n) is 7.71. The number of thiazole rings is 1. The van der Waals surface area contributed by atoms with E-state index in [0.29, 0.717) is 18.0 Å². The van der Waals surface area contributed by atoms with Gasteiger partial charge in [-0.25, -0.2) is 4.98 Å². The molecule has 1 aliphatic carbocycles. The maximum Gasteiger partial charge on any atom is 0.233 e. The fourth-order valence-electron chi connectivity index (χ4n) is 3.01. The molecule has 2 atom stereocenters. The molecule has 0 radical (unpaired) electrons. The van der Waals surface area contributed by atoms with Crippen molar-refractivity contribution in [2.75, 3.05) is 11.9 Å². The van der Waals surface area contributed by atoms with Crippen molar-refractivity contribution < 1.29 is 14.4 Å². The van der Waals surface area contributed by atoms with Gasteiger partial charge in [-0.2, -0.15) is 0 Å². The minimum atomic E-state index is -0.236. The number of aryl methyl sites for hydroxylation is 2. The van der Waals surface area contributed by atoms with Crippen LogP contribution in [0.5, 0.6) is 0 Å². The lowest BCUT2D eigenvalue weighted by molar-refractivity contribution is -0.140. The molecule has 1 aromatic heterocycles. The van der Waals surface area contributed by atoms with Crippen LogP contribution in [0.15, 0.2) is 12.2 Å². The zero-order valence-electron chi connectivity index (χ0n) is 13.2. The molecular formula is C16H19N3O3S. The van der Waals surface area contributed by atoms with E-state index >= 15 is 0 Å². The Morgan fingerprint density at radius 2 is 1.87 bits per heavy atom. The van der Waals surface area contributed by atoms with Crippen molar-refractivity contribution in [3.05, 3.63) is 22.7 Å². The molecular weight excluding hydrogens is 314 g/mol. The second-order valence-electron chi connectivity index (χ2n) is 5.94. The Balaban J connectivity index is 1.57. The van der Waals surface area contributed by atoms with Crippen LogP contribution in [0.1, 0.15) is 29.8 Å². The molecule has 0 spiro atoms. The maximum absolute atomic E-state index is 12.3. The molecule has 0 bridgehead atoms. The normalized spacial score (nSPS) is 23.3. The standard InChI is InChI=1S/C16H19N3O3S/c1-9-10(2)23-16(17-9)18-13(20)7-8-19-14(21)11-5-3-4-6-12(11)15(19)22/h3-4,11-12H,5-8H2,1-2H3,(H,17,18,20)/t11-,12+. The van der Waals surface area contributed by atoms with E-state index in [2.05, 4.69) is 10.3 Å². The molecule has 1 N–H and O–H groups in total. The first-order valence-corrected chi connectivity index (χ1v) is 8.53. The summed E-state index contributed by atoms with van der Waals surface area (Å²) in [6, 6.07) is 0. The highest BCUT2D eigenvalue weighted by Crippen LogP contribution is 2.35. The van der Waals surface area contributed by atoms with Gasteiger partial charge < -0.3 is 5.32 Å². The molecule has 0 unspecified atom stereocenters. The van der Waals surface area contributed by atoms with Crippen LogP contribution in [0.25, 0.3) is 0 Å². The molecule has 0 aromatic carbocycles. The summed E-state index contributed by atoms with van der Waals surface area (Å²) in [5.74, 6) is -0.983. The highest BCUT2D eigenvalue weighted by molar-refractivity contribution is 7.15. The Morgan fingerprint density at radius 3 is 2.39 bits per heavy atom. The lowest BCUT2D eigenvalue weighted by Gasteiger charge is -2.14. The van der Waals surface area contributed by atoms with Crippen molar-refractivity contribution in [2.24, 2.45) is 11.8 Å². The van der Waals surface area contributed by atoms with Crippen molar-refractivity contribution in [2.45, 2.75) is 33.1 Å². The third-order valence-electron chi connectivity index (χ3n) is 4.44. The van der Waals surface area contributed by atoms with Crippen molar-refractivity contribution in [3.8, 4) is 0 Å². The van der Waals surface area contributed by atoms with Gasteiger partial charge in [0.25, 0.3) is 0 Å². The Kier molecular flexibility index (Phi) is 4.30. The van der Waals surface area contributed by atoms with Crippen LogP contribution < -0.4 is 5.32 Å². The van der Waals surface area contributed by atoms with Gasteiger partial charge in [0.15, 0.2) is 5.13 Å². The maximum atomic E-state index is 12.3. The van der Waals surface area contributed by atoms with Gasteiger partial charge in [0.2, 0.25) is 17.7 Å². The van der Waals surface area contributed by atoms with E-state index in [9.17, 15) is 14.4 Å². The summed E-state index contributed by atoms with van der Waals surface area (Å²) in [4.78, 5) is 43.2. The second-order valence-corrected chi connectivity index (χ2v) is 7.15. The Labute approximate surface area is 138 Å². The van der Waals surface area contributed by atoms with Crippen molar-refractivity contribution in [1.82, 2.24) is 9.88 Å². The molecule has 3 amide bonds. The number of allylic oxidation sites excluding steroid dienone is 2. The molecule has 2 heterocycles. The van der Waals surface area contributed by atoms with Gasteiger partial charge in [0.05, 0.1) is 17.5 Å². The molecule has 1 aromatic rings. The number of nitrogens with zero attached hydrogens (tertiary/aromatic N) is 2. The van der Waals surface area contributed by atoms with E-state index in [-0.39, 0.29) is 42.5 Å². The number of imide groups is 1. The van der Waals surface area contributed by atoms with Crippen LogP contribution in [0.2, 0.25) is 0 Å². The number of likely N-dealkylation sites (tertiary alicyclic amines) is 1. The highest BCUT2D eigenvalue weighted by Gasteiger charge is 2.46. The van der Waals surface area contributed by atoms with Crippen LogP contribution >= 0.6 is 11.3 Å². The molecule has 6 nitrogen and oxygen atoms in total. The van der Waals surface area contributed by atoms with Crippen molar-refractivity contribution in [3.63, 3.8) is 0 Å². The number of hydrogen-bond donors (Lipinski definition) is 1. The number of fused-ring (bicyclic) bond motifs is 1. The zero-order chi connectivity index (χ0) is 16.6. The third-order valence-corrected chi connectivity index (χ3v) is 5.42. The van der Waals surface area contributed by atoms with Gasteiger partial charge in [0.1, 0.15) is 0 Å². The SMILES string of the molecule is Cc1nc(NC(=O)CCN2C(=O)[C@H]3CC=CC[C@H]3C2=O)sc1C. The quantitative estimate of drug-likeness (QED) is 0.675. The largest absolute Gasteiger partial charge is 0.302 e. The van der Waals surface area contributed by atoms with E-state index in [1.54, 1.807) is 0 Å². The average molecular weight is 333 g/mol. The predicted molar refractivity (Wildman–Crippen MR) is 86.9 cm³/mol. The fraction of sp³-hybridized carbons (Fsp3) is 0.500. The lowest BCUT2D eigenvalue weighted by atomic mass is 9.85. The van der Waals surface area contributed by atoms with Gasteiger partial charge in [-0.3, -0.25) is 19.3 Å². The summed E-state index contributed by atoms with van der Waals surface area (Å²) in [6.07, 6.45) is 5.25. The monoisotopic (exact) mass is 333 g/mol. The third kappa shape index (κ3) is 3.06. The summed E-state index contributed by atoms with van der Waals surface area (Å²) in [5, 5.41) is 3.28. The fourth-order valence-corrected chi connectivity index (χ4v) is 3.84. The first kappa shape index (κ1) is 15.9. The number of anilines is 1. The Bertz CT molecular complexity index is 649. The topological polar surface area (TPSA) is 79.4 Å². The van der Waals surface area contributed by atoms with Gasteiger partial charge in [-0.05, 0) is 26.7 Å². The molecule has 1 saturated heterocycles. The van der Waals surface area contributed by atoms with Crippen LogP contribution in [0, 0.1) is 25.7 Å². The Morgan fingerprint density at radius 1 is 1.26 bits per heavy atom. The minimum absolute atomic E-state index is 0.0992. The minimum Gasteiger partial charge on any atom is -0.302 e. The number of hydrogen-bond acceptors (Lipinski definition) is 5. The van der Waals surface area contributed by atoms with E-state index in [0.717, 1.165) is 10.6 Å². The van der Waals surface area contributed by atoms with Crippen LogP contribution in [0.4, 0.5) is 5.13 Å². The van der Waals surface area contributed by atoms with E-state index in [1.807, 2.05) is 26.0 Å². The van der Waals surface area contributed by atoms with Gasteiger partial charge in [-0.1, -0.05) is 12.2 Å². The molecule has 0 saturated carbocycles. The van der Waals surface area contributed by atoms with Crippen LogP contribution in [-0.2, 0) is 14.4 Å². The number of aromatic nitrogens is 1. The predicted octanol–water partition coefficient (Wildman–Crippen LogP) is 2.04. The van der Waals surface area contributed by atoms with Crippen molar-refractivity contribution in [1.29, 1.82) is 0 Å². The summed E-state index contributed by atoms with van der Waals surface area (Å²) >= 11 is 1.42. The highest BCUT2D eigenvalue weighted by atomic mass is 32.1. The number of rotatable bonds is 4. The smallest absolute Gasteiger partial charge is 0.233 e. The summed E-state index contributed by atoms with van der Waals surface area (Å²) < 4.78 is 0. The molecule has 7 heteroatoms. The number of carbonyl (C=O) groups is 3. The number of carbonyl (C=O) groups excluding carboxylic acids is 3. The summed E-state index contributed by atoms with van der Waals surface area (Å²) in [5.41, 5.74) is 0.895. The van der Waals surface area contributed by atoms with Gasteiger partial charge in [0, 0.05) is 17.8 Å². The number of nitrogens with one attached hydrogen (secondary N) is 1. The lowest BCUT2D eigenvalue weighted by Crippen LogP contribution is -2.34. The number of amides is 3. The zero-order valence-corrected chi connectivity index (χ0v) is 14.0. The van der Waals surface area contributed by atoms with Crippen LogP contribution in [-0.4, -0.2) is 34.2 Å². The first-order chi connectivity index (χ1) is 11.0. The molecule has 1 fully saturated rings. The van der Waals surface area contributed by atoms with E-state index < -0.39 is 0 Å².